The number of nitrogens with one attached hydrogen (secondary N) is 1. The van der Waals surface area contributed by atoms with Gasteiger partial charge in [-0.05, 0) is 11.6 Å². The maximum Gasteiger partial charge on any atom is 0.224 e. The molecule has 0 amide bonds. The molecule has 0 aliphatic carbocycles. The Morgan fingerprint density at radius 1 is 1.56 bits per heavy atom. The fraction of sp³-hybridized carbons (Fsp3) is 0.556. The zero-order valence-electron chi connectivity index (χ0n) is 8.45. The standard InChI is InChI=1S/C9H11ClFN3O2/c10-9-13-4-7(11)8(14-9)12-3-6-5-15-1-2-16-6/h4,6H,1-3,5H2,(H,12,13,14). The van der Waals surface area contributed by atoms with Gasteiger partial charge in [-0.25, -0.2) is 9.37 Å². The van der Waals surface area contributed by atoms with Gasteiger partial charge in [0.15, 0.2) is 11.6 Å². The highest BCUT2D eigenvalue weighted by Crippen LogP contribution is 2.12. The van der Waals surface area contributed by atoms with Crippen molar-refractivity contribution < 1.29 is 13.9 Å². The lowest BCUT2D eigenvalue weighted by Crippen LogP contribution is -2.34. The van der Waals surface area contributed by atoms with Gasteiger partial charge >= 0.3 is 0 Å². The molecular weight excluding hydrogens is 237 g/mol. The molecule has 2 heterocycles. The summed E-state index contributed by atoms with van der Waals surface area (Å²) in [6.07, 6.45) is 0.928. The Bertz CT molecular complexity index is 361. The second-order valence-corrected chi connectivity index (χ2v) is 3.62. The number of nitrogens with zero attached hydrogens (tertiary/aromatic N) is 2. The summed E-state index contributed by atoms with van der Waals surface area (Å²) in [5.41, 5.74) is 0. The van der Waals surface area contributed by atoms with E-state index < -0.39 is 5.82 Å². The maximum atomic E-state index is 13.2. The Balaban J connectivity index is 1.90. The van der Waals surface area contributed by atoms with Crippen molar-refractivity contribution in [3.05, 3.63) is 17.3 Å². The highest BCUT2D eigenvalue weighted by molar-refractivity contribution is 6.28. The van der Waals surface area contributed by atoms with Crippen molar-refractivity contribution in [2.24, 2.45) is 0 Å². The third kappa shape index (κ3) is 3.01. The summed E-state index contributed by atoms with van der Waals surface area (Å²) < 4.78 is 23.8. The second kappa shape index (κ2) is 5.38. The minimum absolute atomic E-state index is 0.00436. The molecule has 1 unspecified atom stereocenters. The molecule has 16 heavy (non-hydrogen) atoms. The summed E-state index contributed by atoms with van der Waals surface area (Å²) in [4.78, 5) is 7.25. The Morgan fingerprint density at radius 2 is 2.44 bits per heavy atom. The number of hydrogen-bond acceptors (Lipinski definition) is 5. The van der Waals surface area contributed by atoms with Crippen LogP contribution in [0.1, 0.15) is 0 Å². The molecule has 0 spiro atoms. The highest BCUT2D eigenvalue weighted by Gasteiger charge is 2.15. The first kappa shape index (κ1) is 11.5. The smallest absolute Gasteiger partial charge is 0.224 e. The van der Waals surface area contributed by atoms with E-state index in [9.17, 15) is 4.39 Å². The summed E-state index contributed by atoms with van der Waals surface area (Å²) in [7, 11) is 0. The van der Waals surface area contributed by atoms with Gasteiger partial charge in [-0.1, -0.05) is 0 Å². The van der Waals surface area contributed by atoms with E-state index in [0.717, 1.165) is 6.20 Å². The Hall–Kier alpha value is -0.980. The fourth-order valence-corrected chi connectivity index (χ4v) is 1.47. The van der Waals surface area contributed by atoms with Gasteiger partial charge in [-0.15, -0.1) is 0 Å². The first-order valence-corrected chi connectivity index (χ1v) is 5.25. The number of hydrogen-bond donors (Lipinski definition) is 1. The van der Waals surface area contributed by atoms with Crippen LogP contribution in [0.15, 0.2) is 6.20 Å². The van der Waals surface area contributed by atoms with Crippen LogP contribution in [-0.4, -0.2) is 42.4 Å². The zero-order valence-corrected chi connectivity index (χ0v) is 9.21. The molecule has 1 aliphatic heterocycles. The van der Waals surface area contributed by atoms with Crippen molar-refractivity contribution in [1.29, 1.82) is 0 Å². The lowest BCUT2D eigenvalue weighted by atomic mass is 10.3. The van der Waals surface area contributed by atoms with E-state index in [2.05, 4.69) is 15.3 Å². The largest absolute Gasteiger partial charge is 0.376 e. The van der Waals surface area contributed by atoms with Crippen molar-refractivity contribution in [3.63, 3.8) is 0 Å². The molecule has 1 atom stereocenters. The topological polar surface area (TPSA) is 56.3 Å². The summed E-state index contributed by atoms with van der Waals surface area (Å²) in [6, 6.07) is 0. The molecule has 0 aromatic carbocycles. The normalized spacial score (nSPS) is 20.8. The molecule has 2 rings (SSSR count). The van der Waals surface area contributed by atoms with E-state index in [1.54, 1.807) is 0 Å². The minimum Gasteiger partial charge on any atom is -0.376 e. The van der Waals surface area contributed by atoms with E-state index in [0.29, 0.717) is 26.4 Å². The van der Waals surface area contributed by atoms with Crippen LogP contribution >= 0.6 is 11.6 Å². The fourth-order valence-electron chi connectivity index (χ4n) is 1.33. The molecule has 1 fully saturated rings. The van der Waals surface area contributed by atoms with Gasteiger partial charge in [-0.3, -0.25) is 0 Å². The SMILES string of the molecule is Fc1cnc(Cl)nc1NCC1COCCO1. The predicted molar refractivity (Wildman–Crippen MR) is 56.0 cm³/mol. The lowest BCUT2D eigenvalue weighted by Gasteiger charge is -2.23. The van der Waals surface area contributed by atoms with Crippen LogP contribution in [0.5, 0.6) is 0 Å². The van der Waals surface area contributed by atoms with Crippen molar-refractivity contribution in [2.45, 2.75) is 6.10 Å². The van der Waals surface area contributed by atoms with Crippen LogP contribution in [0.3, 0.4) is 0 Å². The van der Waals surface area contributed by atoms with E-state index >= 15 is 0 Å². The van der Waals surface area contributed by atoms with E-state index in [-0.39, 0.29) is 17.2 Å². The first-order valence-electron chi connectivity index (χ1n) is 4.87. The molecule has 1 aliphatic rings. The summed E-state index contributed by atoms with van der Waals surface area (Å²) in [5, 5.41) is 2.81. The number of anilines is 1. The Kier molecular flexibility index (Phi) is 3.87. The molecule has 1 aromatic heterocycles. The number of ether oxygens (including phenoxy) is 2. The van der Waals surface area contributed by atoms with Crippen LogP contribution in [0.2, 0.25) is 5.28 Å². The van der Waals surface area contributed by atoms with Crippen LogP contribution in [0.4, 0.5) is 10.2 Å². The Morgan fingerprint density at radius 3 is 3.19 bits per heavy atom. The van der Waals surface area contributed by atoms with Crippen molar-refractivity contribution >= 4 is 17.4 Å². The minimum atomic E-state index is -0.541. The average molecular weight is 248 g/mol. The van der Waals surface area contributed by atoms with E-state index in [1.807, 2.05) is 0 Å². The molecule has 5 nitrogen and oxygen atoms in total. The van der Waals surface area contributed by atoms with Crippen LogP contribution in [0.25, 0.3) is 0 Å². The highest BCUT2D eigenvalue weighted by atomic mass is 35.5. The molecule has 1 aromatic rings. The number of halogens is 2. The van der Waals surface area contributed by atoms with Crippen LogP contribution in [0, 0.1) is 5.82 Å². The van der Waals surface area contributed by atoms with Crippen LogP contribution in [-0.2, 0) is 9.47 Å². The predicted octanol–water partition coefficient (Wildman–Crippen LogP) is 1.10. The van der Waals surface area contributed by atoms with Crippen molar-refractivity contribution in [2.75, 3.05) is 31.7 Å². The monoisotopic (exact) mass is 247 g/mol. The zero-order chi connectivity index (χ0) is 11.4. The van der Waals surface area contributed by atoms with Gasteiger partial charge in [0.05, 0.1) is 32.1 Å². The van der Waals surface area contributed by atoms with Gasteiger partial charge < -0.3 is 14.8 Å². The molecule has 1 saturated heterocycles. The summed E-state index contributed by atoms with van der Waals surface area (Å²) in [6.45, 7) is 2.07. The van der Waals surface area contributed by atoms with Gasteiger partial charge in [-0.2, -0.15) is 4.98 Å². The van der Waals surface area contributed by atoms with Gasteiger partial charge in [0, 0.05) is 6.54 Å². The number of rotatable bonds is 3. The summed E-state index contributed by atoms with van der Waals surface area (Å²) in [5.74, 6) is -0.463. The molecule has 0 bridgehead atoms. The quantitative estimate of drug-likeness (QED) is 0.811. The third-order valence-corrected chi connectivity index (χ3v) is 2.28. The molecule has 88 valence electrons. The maximum absolute atomic E-state index is 13.2. The molecule has 1 N–H and O–H groups in total. The van der Waals surface area contributed by atoms with E-state index in [1.165, 1.54) is 0 Å². The average Bonchev–Trinajstić information content (AvgIpc) is 2.32. The lowest BCUT2D eigenvalue weighted by molar-refractivity contribution is -0.0819. The van der Waals surface area contributed by atoms with Gasteiger partial charge in [0.1, 0.15) is 0 Å². The molecule has 0 saturated carbocycles. The second-order valence-electron chi connectivity index (χ2n) is 3.28. The third-order valence-electron chi connectivity index (χ3n) is 2.10. The first-order chi connectivity index (χ1) is 7.75. The van der Waals surface area contributed by atoms with Gasteiger partial charge in [0.2, 0.25) is 5.28 Å². The molecular formula is C9H11ClFN3O2. The molecule has 0 radical (unpaired) electrons. The summed E-state index contributed by atoms with van der Waals surface area (Å²) >= 11 is 5.55. The van der Waals surface area contributed by atoms with Gasteiger partial charge in [0.25, 0.3) is 0 Å². The van der Waals surface area contributed by atoms with E-state index in [4.69, 9.17) is 21.1 Å². The van der Waals surface area contributed by atoms with Crippen LogP contribution < -0.4 is 5.32 Å². The molecule has 7 heteroatoms. The Labute approximate surface area is 96.9 Å². The van der Waals surface area contributed by atoms with Crippen molar-refractivity contribution in [1.82, 2.24) is 9.97 Å². The van der Waals surface area contributed by atoms with Crippen molar-refractivity contribution in [3.8, 4) is 0 Å². The number of aromatic nitrogens is 2.